The lowest BCUT2D eigenvalue weighted by atomic mass is 10.2. The molecule has 4 aromatic rings. The maximum absolute atomic E-state index is 6.15. The van der Waals surface area contributed by atoms with Gasteiger partial charge in [0.25, 0.3) is 0 Å². The summed E-state index contributed by atoms with van der Waals surface area (Å²) in [7, 11) is 0. The van der Waals surface area contributed by atoms with Gasteiger partial charge in [0.15, 0.2) is 0 Å². The minimum Gasteiger partial charge on any atom is -0.327 e. The fraction of sp³-hybridized carbons (Fsp3) is 0.235. The molecule has 0 fully saturated rings. The van der Waals surface area contributed by atoms with Gasteiger partial charge in [-0.1, -0.05) is 0 Å². The standard InChI is InChI=1S/C17H18N6S2/c1-2-23-13-9-11(16-19-5-7-24-16)3-4-12(13)22-14(23)10-21-15(18)17-20-6-8-25-17/h3-9,15,21H,2,10,18H2,1H3. The van der Waals surface area contributed by atoms with Crippen molar-refractivity contribution in [3.8, 4) is 10.6 Å². The lowest BCUT2D eigenvalue weighted by Gasteiger charge is -2.12. The zero-order chi connectivity index (χ0) is 17.2. The average molecular weight is 371 g/mol. The highest BCUT2D eigenvalue weighted by Crippen LogP contribution is 2.26. The molecule has 0 aliphatic carbocycles. The van der Waals surface area contributed by atoms with Crippen molar-refractivity contribution in [1.29, 1.82) is 0 Å². The molecule has 0 bridgehead atoms. The fourth-order valence-electron chi connectivity index (χ4n) is 2.84. The second kappa shape index (κ2) is 7.01. The van der Waals surface area contributed by atoms with E-state index >= 15 is 0 Å². The second-order valence-electron chi connectivity index (χ2n) is 5.54. The summed E-state index contributed by atoms with van der Waals surface area (Å²) < 4.78 is 2.22. The summed E-state index contributed by atoms with van der Waals surface area (Å²) >= 11 is 3.19. The summed E-state index contributed by atoms with van der Waals surface area (Å²) in [5.41, 5.74) is 9.38. The van der Waals surface area contributed by atoms with Gasteiger partial charge in [-0.05, 0) is 25.1 Å². The number of hydrogen-bond donors (Lipinski definition) is 2. The fourth-order valence-corrected chi connectivity index (χ4v) is 4.08. The quantitative estimate of drug-likeness (QED) is 0.509. The number of rotatable bonds is 6. The van der Waals surface area contributed by atoms with E-state index in [1.54, 1.807) is 28.9 Å². The molecule has 4 rings (SSSR count). The summed E-state index contributed by atoms with van der Waals surface area (Å²) in [6.07, 6.45) is 3.32. The molecule has 1 atom stereocenters. The first-order valence-corrected chi connectivity index (χ1v) is 9.79. The molecule has 3 heterocycles. The third-order valence-electron chi connectivity index (χ3n) is 4.02. The summed E-state index contributed by atoms with van der Waals surface area (Å²) in [5.74, 6) is 0.973. The first-order valence-electron chi connectivity index (χ1n) is 8.03. The van der Waals surface area contributed by atoms with Crippen molar-refractivity contribution in [3.63, 3.8) is 0 Å². The molecule has 0 radical (unpaired) electrons. The van der Waals surface area contributed by atoms with Crippen LogP contribution in [0.1, 0.15) is 23.9 Å². The smallest absolute Gasteiger partial charge is 0.124 e. The summed E-state index contributed by atoms with van der Waals surface area (Å²) in [6.45, 7) is 3.57. The van der Waals surface area contributed by atoms with Gasteiger partial charge in [0.1, 0.15) is 22.0 Å². The third-order valence-corrected chi connectivity index (χ3v) is 5.70. The lowest BCUT2D eigenvalue weighted by molar-refractivity contribution is 0.523. The van der Waals surface area contributed by atoms with Gasteiger partial charge < -0.3 is 10.3 Å². The molecule has 0 spiro atoms. The number of nitrogens with two attached hydrogens (primary N) is 1. The van der Waals surface area contributed by atoms with Gasteiger partial charge in [-0.2, -0.15) is 0 Å². The Hall–Kier alpha value is -2.13. The Morgan fingerprint density at radius 1 is 1.20 bits per heavy atom. The average Bonchev–Trinajstić information content (AvgIpc) is 3.39. The summed E-state index contributed by atoms with van der Waals surface area (Å²) in [4.78, 5) is 13.4. The number of nitrogens with zero attached hydrogens (tertiary/aromatic N) is 4. The van der Waals surface area contributed by atoms with Crippen molar-refractivity contribution >= 4 is 33.7 Å². The Kier molecular flexibility index (Phi) is 4.58. The van der Waals surface area contributed by atoms with E-state index in [0.29, 0.717) is 6.54 Å². The first-order chi connectivity index (χ1) is 12.3. The largest absolute Gasteiger partial charge is 0.327 e. The van der Waals surface area contributed by atoms with Crippen LogP contribution in [0.4, 0.5) is 0 Å². The van der Waals surface area contributed by atoms with Gasteiger partial charge in [0.05, 0.1) is 17.6 Å². The predicted molar refractivity (Wildman–Crippen MR) is 102 cm³/mol. The number of hydrogen-bond acceptors (Lipinski definition) is 7. The molecule has 0 aliphatic heterocycles. The van der Waals surface area contributed by atoms with Crippen LogP contribution in [0.15, 0.2) is 41.4 Å². The van der Waals surface area contributed by atoms with Crippen molar-refractivity contribution in [2.45, 2.75) is 26.2 Å². The normalized spacial score (nSPS) is 12.7. The van der Waals surface area contributed by atoms with Gasteiger partial charge in [-0.15, -0.1) is 22.7 Å². The monoisotopic (exact) mass is 370 g/mol. The number of thiazole rings is 2. The van der Waals surface area contributed by atoms with Crippen molar-refractivity contribution in [2.24, 2.45) is 5.73 Å². The maximum Gasteiger partial charge on any atom is 0.124 e. The van der Waals surface area contributed by atoms with Crippen LogP contribution in [0.25, 0.3) is 21.6 Å². The van der Waals surface area contributed by atoms with Crippen molar-refractivity contribution in [1.82, 2.24) is 24.8 Å². The molecule has 128 valence electrons. The number of aryl methyl sites for hydroxylation is 1. The molecular weight excluding hydrogens is 352 g/mol. The van der Waals surface area contributed by atoms with Gasteiger partial charge in [-0.3, -0.25) is 5.32 Å². The lowest BCUT2D eigenvalue weighted by Crippen LogP contribution is -2.29. The molecular formula is C17H18N6S2. The Bertz CT molecular complexity index is 959. The second-order valence-corrected chi connectivity index (χ2v) is 7.36. The van der Waals surface area contributed by atoms with Gasteiger partial charge in [0, 0.05) is 35.3 Å². The van der Waals surface area contributed by atoms with Crippen LogP contribution in [0.5, 0.6) is 0 Å². The Morgan fingerprint density at radius 2 is 2.04 bits per heavy atom. The minimum atomic E-state index is -0.281. The number of fused-ring (bicyclic) bond motifs is 1. The minimum absolute atomic E-state index is 0.281. The van der Waals surface area contributed by atoms with Crippen LogP contribution in [0, 0.1) is 0 Å². The van der Waals surface area contributed by atoms with Crippen molar-refractivity contribution in [2.75, 3.05) is 0 Å². The molecule has 1 unspecified atom stereocenters. The molecule has 0 saturated carbocycles. The number of nitrogens with one attached hydrogen (secondary N) is 1. The molecule has 0 saturated heterocycles. The zero-order valence-corrected chi connectivity index (χ0v) is 15.3. The van der Waals surface area contributed by atoms with Crippen molar-refractivity contribution in [3.05, 3.63) is 52.2 Å². The van der Waals surface area contributed by atoms with Crippen LogP contribution in [-0.4, -0.2) is 19.5 Å². The summed E-state index contributed by atoms with van der Waals surface area (Å²) in [5, 5.41) is 9.14. The topological polar surface area (TPSA) is 81.7 Å². The van der Waals surface area contributed by atoms with E-state index in [9.17, 15) is 0 Å². The van der Waals surface area contributed by atoms with E-state index in [1.807, 2.05) is 17.0 Å². The van der Waals surface area contributed by atoms with Crippen LogP contribution in [0.3, 0.4) is 0 Å². The molecule has 8 heteroatoms. The Morgan fingerprint density at radius 3 is 2.76 bits per heavy atom. The molecule has 0 aliphatic rings. The highest BCUT2D eigenvalue weighted by Gasteiger charge is 2.14. The molecule has 0 amide bonds. The first kappa shape index (κ1) is 16.3. The number of benzene rings is 1. The Labute approximate surface area is 153 Å². The predicted octanol–water partition coefficient (Wildman–Crippen LogP) is 3.38. The number of aromatic nitrogens is 4. The SMILES string of the molecule is CCn1c(CNC(N)c2nccs2)nc2ccc(-c3nccs3)cc21. The number of imidazole rings is 1. The summed E-state index contributed by atoms with van der Waals surface area (Å²) in [6, 6.07) is 6.30. The highest BCUT2D eigenvalue weighted by atomic mass is 32.1. The molecule has 3 aromatic heterocycles. The maximum atomic E-state index is 6.15. The van der Waals surface area contributed by atoms with Crippen LogP contribution < -0.4 is 11.1 Å². The Balaban J connectivity index is 1.63. The van der Waals surface area contributed by atoms with E-state index in [1.165, 1.54) is 0 Å². The van der Waals surface area contributed by atoms with E-state index < -0.39 is 0 Å². The van der Waals surface area contributed by atoms with Crippen LogP contribution >= 0.6 is 22.7 Å². The van der Waals surface area contributed by atoms with Gasteiger partial charge >= 0.3 is 0 Å². The highest BCUT2D eigenvalue weighted by molar-refractivity contribution is 7.13. The van der Waals surface area contributed by atoms with E-state index in [-0.39, 0.29) is 6.17 Å². The van der Waals surface area contributed by atoms with Gasteiger partial charge in [0.2, 0.25) is 0 Å². The third kappa shape index (κ3) is 3.21. The molecule has 25 heavy (non-hydrogen) atoms. The van der Waals surface area contributed by atoms with Gasteiger partial charge in [-0.25, -0.2) is 15.0 Å². The van der Waals surface area contributed by atoms with Crippen molar-refractivity contribution < 1.29 is 0 Å². The van der Waals surface area contributed by atoms with Crippen LogP contribution in [-0.2, 0) is 13.1 Å². The van der Waals surface area contributed by atoms with E-state index in [4.69, 9.17) is 10.7 Å². The van der Waals surface area contributed by atoms with Crippen LogP contribution in [0.2, 0.25) is 0 Å². The van der Waals surface area contributed by atoms with E-state index in [0.717, 1.165) is 39.0 Å². The zero-order valence-electron chi connectivity index (χ0n) is 13.7. The van der Waals surface area contributed by atoms with E-state index in [2.05, 4.69) is 45.0 Å². The molecule has 1 aromatic carbocycles. The molecule has 6 nitrogen and oxygen atoms in total. The molecule has 3 N–H and O–H groups in total.